The number of nitrogens with one attached hydrogen (secondary N) is 1. The average Bonchev–Trinajstić information content (AvgIpc) is 1.85. The molecule has 0 aromatic rings. The highest BCUT2D eigenvalue weighted by Crippen LogP contribution is 2.29. The number of hydrogen-bond acceptors (Lipinski definition) is 2. The van der Waals surface area contributed by atoms with Gasteiger partial charge in [-0.25, -0.2) is 0 Å². The first-order chi connectivity index (χ1) is 4.81. The second kappa shape index (κ2) is 2.21. The van der Waals surface area contributed by atoms with Gasteiger partial charge in [-0.15, -0.1) is 0 Å². The normalized spacial score (nSPS) is 37.5. The quantitative estimate of drug-likeness (QED) is 0.538. The predicted molar refractivity (Wildman–Crippen MR) is 40.0 cm³/mol. The van der Waals surface area contributed by atoms with Gasteiger partial charge in [0.2, 0.25) is 0 Å². The van der Waals surface area contributed by atoms with Gasteiger partial charge >= 0.3 is 0 Å². The van der Waals surface area contributed by atoms with Gasteiger partial charge in [0.25, 0.3) is 0 Å². The minimum Gasteiger partial charge on any atom is -0.377 e. The molecule has 2 fully saturated rings. The molecule has 0 unspecified atom stereocenters. The molecule has 0 saturated carbocycles. The summed E-state index contributed by atoms with van der Waals surface area (Å²) in [7, 11) is 0. The Hall–Kier alpha value is -0.0800. The Kier molecular flexibility index (Phi) is 1.46. The van der Waals surface area contributed by atoms with E-state index in [2.05, 4.69) is 12.2 Å². The van der Waals surface area contributed by atoms with Crippen molar-refractivity contribution >= 4 is 0 Å². The smallest absolute Gasteiger partial charge is 0.0672 e. The molecule has 2 heteroatoms. The van der Waals surface area contributed by atoms with E-state index in [4.69, 9.17) is 4.74 Å². The molecule has 58 valence electrons. The molecular weight excluding hydrogens is 126 g/mol. The molecule has 0 aromatic heterocycles. The number of rotatable bonds is 0. The van der Waals surface area contributed by atoms with Gasteiger partial charge in [0.15, 0.2) is 0 Å². The summed E-state index contributed by atoms with van der Waals surface area (Å²) < 4.78 is 5.20. The van der Waals surface area contributed by atoms with Crippen molar-refractivity contribution in [2.24, 2.45) is 5.92 Å². The summed E-state index contributed by atoms with van der Waals surface area (Å²) in [6, 6.07) is 0. The molecule has 0 radical (unpaired) electrons. The number of ether oxygens (including phenoxy) is 1. The van der Waals surface area contributed by atoms with E-state index >= 15 is 0 Å². The SMILES string of the molecule is C[C@H]1CCNC2(COC2)C1. The minimum atomic E-state index is 0.400. The van der Waals surface area contributed by atoms with Gasteiger partial charge in [-0.2, -0.15) is 0 Å². The van der Waals surface area contributed by atoms with Crippen LogP contribution in [0.5, 0.6) is 0 Å². The van der Waals surface area contributed by atoms with E-state index < -0.39 is 0 Å². The van der Waals surface area contributed by atoms with Crippen LogP contribution < -0.4 is 5.32 Å². The summed E-state index contributed by atoms with van der Waals surface area (Å²) in [5.41, 5.74) is 0.400. The van der Waals surface area contributed by atoms with Crippen molar-refractivity contribution in [3.8, 4) is 0 Å². The van der Waals surface area contributed by atoms with Crippen molar-refractivity contribution in [1.29, 1.82) is 0 Å². The molecule has 0 amide bonds. The fraction of sp³-hybridized carbons (Fsp3) is 1.00. The molecule has 2 heterocycles. The molecule has 2 aliphatic rings. The average molecular weight is 141 g/mol. The molecule has 10 heavy (non-hydrogen) atoms. The van der Waals surface area contributed by atoms with Crippen LogP contribution >= 0.6 is 0 Å². The van der Waals surface area contributed by atoms with Crippen LogP contribution in [-0.2, 0) is 4.74 Å². The summed E-state index contributed by atoms with van der Waals surface area (Å²) >= 11 is 0. The monoisotopic (exact) mass is 141 g/mol. The molecule has 1 spiro atoms. The first-order valence-electron chi connectivity index (χ1n) is 4.14. The highest BCUT2D eigenvalue weighted by Gasteiger charge is 2.41. The van der Waals surface area contributed by atoms with Crippen molar-refractivity contribution in [2.45, 2.75) is 25.3 Å². The van der Waals surface area contributed by atoms with Crippen LogP contribution in [-0.4, -0.2) is 25.3 Å². The Morgan fingerprint density at radius 1 is 1.50 bits per heavy atom. The van der Waals surface area contributed by atoms with E-state index in [1.54, 1.807) is 0 Å². The van der Waals surface area contributed by atoms with Crippen LogP contribution in [0.3, 0.4) is 0 Å². The second-order valence-corrected chi connectivity index (χ2v) is 3.80. The highest BCUT2D eigenvalue weighted by atomic mass is 16.5. The van der Waals surface area contributed by atoms with Crippen LogP contribution in [0.2, 0.25) is 0 Å². The molecule has 2 saturated heterocycles. The minimum absolute atomic E-state index is 0.400. The Morgan fingerprint density at radius 2 is 2.30 bits per heavy atom. The van der Waals surface area contributed by atoms with Crippen LogP contribution in [0.25, 0.3) is 0 Å². The zero-order valence-corrected chi connectivity index (χ0v) is 6.52. The summed E-state index contributed by atoms with van der Waals surface area (Å²) in [6.07, 6.45) is 2.65. The first-order valence-corrected chi connectivity index (χ1v) is 4.14. The van der Waals surface area contributed by atoms with Crippen LogP contribution in [0.1, 0.15) is 19.8 Å². The molecular formula is C8H15NO. The Morgan fingerprint density at radius 3 is 2.70 bits per heavy atom. The largest absolute Gasteiger partial charge is 0.377 e. The lowest BCUT2D eigenvalue weighted by Crippen LogP contribution is -2.63. The van der Waals surface area contributed by atoms with E-state index in [9.17, 15) is 0 Å². The molecule has 1 atom stereocenters. The predicted octanol–water partition coefficient (Wildman–Crippen LogP) is 0.775. The third-order valence-corrected chi connectivity index (χ3v) is 2.63. The van der Waals surface area contributed by atoms with Crippen LogP contribution in [0.15, 0.2) is 0 Å². The third-order valence-electron chi connectivity index (χ3n) is 2.63. The van der Waals surface area contributed by atoms with Gasteiger partial charge in [0, 0.05) is 0 Å². The Balaban J connectivity index is 1.96. The van der Waals surface area contributed by atoms with Crippen molar-refractivity contribution in [3.05, 3.63) is 0 Å². The molecule has 0 aliphatic carbocycles. The van der Waals surface area contributed by atoms with Gasteiger partial charge in [-0.1, -0.05) is 6.92 Å². The van der Waals surface area contributed by atoms with Gasteiger partial charge in [0.05, 0.1) is 18.8 Å². The zero-order valence-electron chi connectivity index (χ0n) is 6.52. The van der Waals surface area contributed by atoms with E-state index in [0.717, 1.165) is 19.1 Å². The van der Waals surface area contributed by atoms with Crippen LogP contribution in [0, 0.1) is 5.92 Å². The lowest BCUT2D eigenvalue weighted by molar-refractivity contribution is -0.0938. The Labute approximate surface area is 61.9 Å². The molecule has 0 bridgehead atoms. The fourth-order valence-corrected chi connectivity index (χ4v) is 1.99. The van der Waals surface area contributed by atoms with Crippen LogP contribution in [0.4, 0.5) is 0 Å². The molecule has 2 nitrogen and oxygen atoms in total. The molecule has 2 rings (SSSR count). The lowest BCUT2D eigenvalue weighted by Gasteiger charge is -2.47. The van der Waals surface area contributed by atoms with E-state index in [1.807, 2.05) is 0 Å². The molecule has 2 aliphatic heterocycles. The van der Waals surface area contributed by atoms with E-state index in [-0.39, 0.29) is 0 Å². The first kappa shape index (κ1) is 6.62. The second-order valence-electron chi connectivity index (χ2n) is 3.80. The van der Waals surface area contributed by atoms with Crippen molar-refractivity contribution in [2.75, 3.05) is 19.8 Å². The summed E-state index contributed by atoms with van der Waals surface area (Å²) in [5, 5.41) is 3.54. The number of piperidine rings is 1. The maximum absolute atomic E-state index is 5.20. The van der Waals surface area contributed by atoms with Crippen molar-refractivity contribution in [1.82, 2.24) is 5.32 Å². The van der Waals surface area contributed by atoms with Crippen molar-refractivity contribution < 1.29 is 4.74 Å². The standard InChI is InChI=1S/C8H15NO/c1-7-2-3-9-8(4-7)5-10-6-8/h7,9H,2-6H2,1H3/t7-/m0/s1. The fourth-order valence-electron chi connectivity index (χ4n) is 1.99. The summed E-state index contributed by atoms with van der Waals surface area (Å²) in [4.78, 5) is 0. The lowest BCUT2D eigenvalue weighted by atomic mass is 9.81. The van der Waals surface area contributed by atoms with Crippen molar-refractivity contribution in [3.63, 3.8) is 0 Å². The highest BCUT2D eigenvalue weighted by molar-refractivity contribution is 4.97. The maximum Gasteiger partial charge on any atom is 0.0672 e. The van der Waals surface area contributed by atoms with Gasteiger partial charge in [-0.3, -0.25) is 0 Å². The summed E-state index contributed by atoms with van der Waals surface area (Å²) in [6.45, 7) is 5.40. The molecule has 0 aromatic carbocycles. The number of hydrogen-bond donors (Lipinski definition) is 1. The van der Waals surface area contributed by atoms with Gasteiger partial charge < -0.3 is 10.1 Å². The maximum atomic E-state index is 5.20. The van der Waals surface area contributed by atoms with Gasteiger partial charge in [0.1, 0.15) is 0 Å². The zero-order chi connectivity index (χ0) is 7.03. The topological polar surface area (TPSA) is 21.3 Å². The van der Waals surface area contributed by atoms with Gasteiger partial charge in [-0.05, 0) is 25.3 Å². The Bertz CT molecular complexity index is 131. The van der Waals surface area contributed by atoms with E-state index in [1.165, 1.54) is 19.4 Å². The molecule has 1 N–H and O–H groups in total. The third kappa shape index (κ3) is 0.956. The summed E-state index contributed by atoms with van der Waals surface area (Å²) in [5.74, 6) is 0.894. The van der Waals surface area contributed by atoms with E-state index in [0.29, 0.717) is 5.54 Å².